The normalized spacial score (nSPS) is 10.4. The predicted molar refractivity (Wildman–Crippen MR) is 103 cm³/mol. The molecule has 0 unspecified atom stereocenters. The Morgan fingerprint density at radius 2 is 1.65 bits per heavy atom. The van der Waals surface area contributed by atoms with Crippen molar-refractivity contribution in [3.63, 3.8) is 0 Å². The van der Waals surface area contributed by atoms with Gasteiger partial charge < -0.3 is 10.6 Å². The fourth-order valence-electron chi connectivity index (χ4n) is 2.28. The highest BCUT2D eigenvalue weighted by molar-refractivity contribution is 6.33. The van der Waals surface area contributed by atoms with Crippen molar-refractivity contribution in [1.29, 1.82) is 0 Å². The van der Waals surface area contributed by atoms with Crippen molar-refractivity contribution in [3.8, 4) is 0 Å². The molecule has 7 nitrogen and oxygen atoms in total. The average molecular weight is 390 g/mol. The summed E-state index contributed by atoms with van der Waals surface area (Å²) in [7, 11) is 0. The zero-order valence-corrected chi connectivity index (χ0v) is 15.0. The van der Waals surface area contributed by atoms with E-state index in [0.29, 0.717) is 21.4 Å². The number of nitrogens with zero attached hydrogens (tertiary/aromatic N) is 3. The first-order valence-corrected chi connectivity index (χ1v) is 8.25. The number of hydrogen-bond acceptors (Lipinski definition) is 6. The van der Waals surface area contributed by atoms with Crippen LogP contribution >= 0.6 is 23.2 Å². The highest BCUT2D eigenvalue weighted by Gasteiger charge is 2.24. The zero-order chi connectivity index (χ0) is 18.7. The standard InChI is InChI=1S/C17H13Cl2N5O2/c1-10-6-7-11(18)8-14(10)23-17-15(24(25)26)16(20-9-21-17)22-13-5-3-2-4-12(13)19/h2-9H,1H3,(H2,20,21,22,23). The van der Waals surface area contributed by atoms with Crippen LogP contribution in [-0.4, -0.2) is 14.9 Å². The van der Waals surface area contributed by atoms with Gasteiger partial charge in [0.05, 0.1) is 15.6 Å². The summed E-state index contributed by atoms with van der Waals surface area (Å²) in [5.74, 6) is 0.0743. The number of halogens is 2. The van der Waals surface area contributed by atoms with E-state index in [2.05, 4.69) is 20.6 Å². The molecule has 0 aliphatic rings. The minimum atomic E-state index is -0.554. The van der Waals surface area contributed by atoms with Gasteiger partial charge in [-0.25, -0.2) is 9.97 Å². The summed E-state index contributed by atoms with van der Waals surface area (Å²) in [5, 5.41) is 18.4. The smallest absolute Gasteiger partial charge is 0.334 e. The summed E-state index contributed by atoms with van der Waals surface area (Å²) in [4.78, 5) is 19.1. The maximum absolute atomic E-state index is 11.6. The molecule has 0 saturated carbocycles. The van der Waals surface area contributed by atoms with Gasteiger partial charge in [0, 0.05) is 10.7 Å². The van der Waals surface area contributed by atoms with Gasteiger partial charge in [0.25, 0.3) is 0 Å². The number of rotatable bonds is 5. The molecule has 9 heteroatoms. The zero-order valence-electron chi connectivity index (χ0n) is 13.5. The Kier molecular flexibility index (Phi) is 5.20. The summed E-state index contributed by atoms with van der Waals surface area (Å²) in [6.07, 6.45) is 1.23. The van der Waals surface area contributed by atoms with Crippen LogP contribution in [0.15, 0.2) is 48.8 Å². The van der Waals surface area contributed by atoms with E-state index in [-0.39, 0.29) is 17.3 Å². The molecule has 0 atom stereocenters. The van der Waals surface area contributed by atoms with E-state index in [9.17, 15) is 10.1 Å². The molecule has 1 heterocycles. The van der Waals surface area contributed by atoms with Crippen molar-refractivity contribution in [2.45, 2.75) is 6.92 Å². The Morgan fingerprint density at radius 1 is 1.00 bits per heavy atom. The van der Waals surface area contributed by atoms with E-state index in [0.717, 1.165) is 5.56 Å². The minimum absolute atomic E-state index is 0.0280. The van der Waals surface area contributed by atoms with Crippen molar-refractivity contribution in [1.82, 2.24) is 9.97 Å². The molecule has 0 spiro atoms. The second kappa shape index (κ2) is 7.55. The molecule has 3 aromatic rings. The van der Waals surface area contributed by atoms with Crippen LogP contribution in [-0.2, 0) is 0 Å². The third-order valence-corrected chi connectivity index (χ3v) is 4.15. The average Bonchev–Trinajstić information content (AvgIpc) is 2.60. The van der Waals surface area contributed by atoms with Gasteiger partial charge in [0.1, 0.15) is 6.33 Å². The van der Waals surface area contributed by atoms with Gasteiger partial charge in [-0.3, -0.25) is 10.1 Å². The number of hydrogen-bond donors (Lipinski definition) is 2. The number of benzene rings is 2. The predicted octanol–water partition coefficient (Wildman–Crippen LogP) is 5.49. The molecule has 1 aromatic heterocycles. The first kappa shape index (κ1) is 17.9. The summed E-state index contributed by atoms with van der Waals surface area (Å²) in [6, 6.07) is 12.1. The number of nitro groups is 1. The quantitative estimate of drug-likeness (QED) is 0.442. The van der Waals surface area contributed by atoms with Gasteiger partial charge in [-0.2, -0.15) is 0 Å². The van der Waals surface area contributed by atoms with Gasteiger partial charge in [0.15, 0.2) is 0 Å². The number of aromatic nitrogens is 2. The first-order chi connectivity index (χ1) is 12.5. The van der Waals surface area contributed by atoms with E-state index in [1.54, 1.807) is 42.5 Å². The Balaban J connectivity index is 2.03. The van der Waals surface area contributed by atoms with Gasteiger partial charge in [-0.1, -0.05) is 41.4 Å². The van der Waals surface area contributed by atoms with Gasteiger partial charge in [-0.05, 0) is 36.8 Å². The number of para-hydroxylation sites is 1. The third kappa shape index (κ3) is 3.84. The van der Waals surface area contributed by atoms with Crippen LogP contribution in [0.25, 0.3) is 0 Å². The molecular weight excluding hydrogens is 377 g/mol. The molecule has 0 aliphatic carbocycles. The Morgan fingerprint density at radius 3 is 2.31 bits per heavy atom. The summed E-state index contributed by atoms with van der Waals surface area (Å²) in [5.41, 5.74) is 1.68. The molecule has 0 radical (unpaired) electrons. The van der Waals surface area contributed by atoms with E-state index in [1.165, 1.54) is 6.33 Å². The van der Waals surface area contributed by atoms with Crippen molar-refractivity contribution >= 4 is 51.9 Å². The van der Waals surface area contributed by atoms with Crippen molar-refractivity contribution in [2.75, 3.05) is 10.6 Å². The van der Waals surface area contributed by atoms with E-state index in [1.807, 2.05) is 6.92 Å². The van der Waals surface area contributed by atoms with Crippen LogP contribution in [0.2, 0.25) is 10.0 Å². The molecular formula is C17H13Cl2N5O2. The van der Waals surface area contributed by atoms with Crippen molar-refractivity contribution < 1.29 is 4.92 Å². The fraction of sp³-hybridized carbons (Fsp3) is 0.0588. The highest BCUT2D eigenvalue weighted by atomic mass is 35.5. The molecule has 0 fully saturated rings. The van der Waals surface area contributed by atoms with Gasteiger partial charge >= 0.3 is 5.69 Å². The summed E-state index contributed by atoms with van der Waals surface area (Å²) < 4.78 is 0. The molecule has 0 saturated heterocycles. The topological polar surface area (TPSA) is 93.0 Å². The molecule has 132 valence electrons. The molecule has 26 heavy (non-hydrogen) atoms. The largest absolute Gasteiger partial charge is 0.353 e. The summed E-state index contributed by atoms with van der Waals surface area (Å²) >= 11 is 12.1. The van der Waals surface area contributed by atoms with Crippen LogP contribution < -0.4 is 10.6 Å². The minimum Gasteiger partial charge on any atom is -0.334 e. The third-order valence-electron chi connectivity index (χ3n) is 3.58. The Bertz CT molecular complexity index is 981. The molecule has 2 aromatic carbocycles. The van der Waals surface area contributed by atoms with Crippen molar-refractivity contribution in [2.24, 2.45) is 0 Å². The first-order valence-electron chi connectivity index (χ1n) is 7.50. The monoisotopic (exact) mass is 389 g/mol. The van der Waals surface area contributed by atoms with E-state index in [4.69, 9.17) is 23.2 Å². The molecule has 2 N–H and O–H groups in total. The molecule has 0 bridgehead atoms. The maximum atomic E-state index is 11.6. The van der Waals surface area contributed by atoms with Crippen LogP contribution in [0, 0.1) is 17.0 Å². The SMILES string of the molecule is Cc1ccc(Cl)cc1Nc1ncnc(Nc2ccccc2Cl)c1[N+](=O)[O-]. The van der Waals surface area contributed by atoms with Gasteiger partial charge in [0.2, 0.25) is 11.6 Å². The molecule has 3 rings (SSSR count). The second-order valence-corrected chi connectivity index (χ2v) is 6.21. The fourth-order valence-corrected chi connectivity index (χ4v) is 2.64. The highest BCUT2D eigenvalue weighted by Crippen LogP contribution is 2.35. The Hall–Kier alpha value is -2.90. The van der Waals surface area contributed by atoms with Crippen LogP contribution in [0.1, 0.15) is 5.56 Å². The Labute approximate surface area is 159 Å². The van der Waals surface area contributed by atoms with E-state index >= 15 is 0 Å². The van der Waals surface area contributed by atoms with Crippen LogP contribution in [0.4, 0.5) is 28.7 Å². The second-order valence-electron chi connectivity index (χ2n) is 5.37. The lowest BCUT2D eigenvalue weighted by atomic mass is 10.2. The lowest BCUT2D eigenvalue weighted by Gasteiger charge is -2.12. The molecule has 0 amide bonds. The number of aryl methyl sites for hydroxylation is 1. The van der Waals surface area contributed by atoms with E-state index < -0.39 is 4.92 Å². The lowest BCUT2D eigenvalue weighted by Crippen LogP contribution is -2.06. The number of nitrogens with one attached hydrogen (secondary N) is 2. The summed E-state index contributed by atoms with van der Waals surface area (Å²) in [6.45, 7) is 1.86. The number of anilines is 4. The lowest BCUT2D eigenvalue weighted by molar-refractivity contribution is -0.383. The molecule has 0 aliphatic heterocycles. The van der Waals surface area contributed by atoms with Gasteiger partial charge in [-0.15, -0.1) is 0 Å². The van der Waals surface area contributed by atoms with Crippen LogP contribution in [0.3, 0.4) is 0 Å². The maximum Gasteiger partial charge on any atom is 0.353 e. The van der Waals surface area contributed by atoms with Crippen molar-refractivity contribution in [3.05, 3.63) is 74.5 Å². The van der Waals surface area contributed by atoms with Crippen LogP contribution in [0.5, 0.6) is 0 Å².